The maximum absolute atomic E-state index is 13.7. The normalized spacial score (nSPS) is 32.7. The van der Waals surface area contributed by atoms with Gasteiger partial charge in [-0.2, -0.15) is 0 Å². The number of pyridine rings is 1. The number of hydrogen-bond donors (Lipinski definition) is 4. The average molecular weight is 836 g/mol. The Hall–Kier alpha value is -3.93. The molecule has 0 spiro atoms. The molecule has 15 nitrogen and oxygen atoms in total. The van der Waals surface area contributed by atoms with Crippen molar-refractivity contribution in [2.24, 2.45) is 29.4 Å². The number of aliphatic hydroxyl groups excluding tert-OH is 3. The molecule has 15 heteroatoms. The minimum atomic E-state index is -1.25. The zero-order chi connectivity index (χ0) is 43.0. The summed E-state index contributed by atoms with van der Waals surface area (Å²) in [7, 11) is 5.51. The molecule has 2 aliphatic rings. The lowest BCUT2D eigenvalue weighted by Crippen LogP contribution is -2.63. The molecule has 1 aromatic carbocycles. The number of aromatic nitrogens is 4. The Morgan fingerprint density at radius 3 is 2.48 bits per heavy atom. The largest absolute Gasteiger partial charge is 0.462 e. The van der Waals surface area contributed by atoms with Gasteiger partial charge < -0.3 is 45.1 Å². The topological polar surface area (TPSA) is 199 Å². The third kappa shape index (κ3) is 12.3. The fourth-order valence-electron chi connectivity index (χ4n) is 8.33. The molecule has 4 heterocycles. The highest BCUT2D eigenvalue weighted by atomic mass is 16.7. The summed E-state index contributed by atoms with van der Waals surface area (Å²) in [6.07, 6.45) is 3.39. The van der Waals surface area contributed by atoms with E-state index in [9.17, 15) is 24.9 Å². The maximum Gasteiger partial charge on any atom is 0.308 e. The first-order chi connectivity index (χ1) is 28.1. The van der Waals surface area contributed by atoms with E-state index in [0.29, 0.717) is 32.4 Å². The number of esters is 1. The third-order valence-corrected chi connectivity index (χ3v) is 11.9. The number of carbonyl (C=O) groups excluding carboxylic acids is 2. The van der Waals surface area contributed by atoms with Crippen LogP contribution >= 0.6 is 0 Å². The summed E-state index contributed by atoms with van der Waals surface area (Å²) in [5.74, 6) is -2.41. The van der Waals surface area contributed by atoms with Crippen LogP contribution in [-0.4, -0.2) is 140 Å². The van der Waals surface area contributed by atoms with Gasteiger partial charge in [0.15, 0.2) is 12.1 Å². The summed E-state index contributed by atoms with van der Waals surface area (Å²) in [6.45, 7) is 10.4. The van der Waals surface area contributed by atoms with E-state index in [1.165, 1.54) is 0 Å². The van der Waals surface area contributed by atoms with Gasteiger partial charge in [0.25, 0.3) is 0 Å². The molecule has 12 atom stereocenters. The smallest absolute Gasteiger partial charge is 0.308 e. The Morgan fingerprint density at radius 2 is 1.78 bits per heavy atom. The summed E-state index contributed by atoms with van der Waals surface area (Å²) in [5, 5.41) is 44.1. The average Bonchev–Trinajstić information content (AvgIpc) is 3.68. The number of ether oxygens (including phenoxy) is 3. The molecule has 332 valence electrons. The second-order valence-corrected chi connectivity index (χ2v) is 16.8. The molecule has 5 rings (SSSR count). The molecule has 2 unspecified atom stereocenters. The molecule has 2 aliphatic heterocycles. The number of ketones is 1. The van der Waals surface area contributed by atoms with Gasteiger partial charge in [0, 0.05) is 36.2 Å². The molecule has 2 aromatic heterocycles. The third-order valence-electron chi connectivity index (χ3n) is 11.9. The number of benzene rings is 1. The van der Waals surface area contributed by atoms with Crippen LogP contribution in [0, 0.1) is 23.7 Å². The molecular formula is C45H69N7O8. The van der Waals surface area contributed by atoms with E-state index >= 15 is 0 Å². The lowest BCUT2D eigenvalue weighted by molar-refractivity contribution is -0.304. The molecule has 0 saturated carbocycles. The van der Waals surface area contributed by atoms with Crippen LogP contribution in [0.2, 0.25) is 0 Å². The fraction of sp³-hybridized carbons (Fsp3) is 0.622. The number of fused-ring (bicyclic) bond motifs is 1. The Kier molecular flexibility index (Phi) is 18.1. The minimum absolute atomic E-state index is 0. The maximum atomic E-state index is 13.7. The number of nitrogens with zero attached hydrogens (tertiary/aromatic N) is 6. The molecular weight excluding hydrogens is 767 g/mol. The van der Waals surface area contributed by atoms with Crippen molar-refractivity contribution in [2.45, 2.75) is 123 Å². The zero-order valence-corrected chi connectivity index (χ0v) is 35.8. The predicted octanol–water partition coefficient (Wildman–Crippen LogP) is 4.07. The highest BCUT2D eigenvalue weighted by Gasteiger charge is 2.47. The van der Waals surface area contributed by atoms with Gasteiger partial charge >= 0.3 is 5.97 Å². The van der Waals surface area contributed by atoms with Crippen LogP contribution in [0.25, 0.3) is 16.6 Å². The van der Waals surface area contributed by atoms with E-state index in [2.05, 4.69) is 20.2 Å². The van der Waals surface area contributed by atoms with Gasteiger partial charge in [0.2, 0.25) is 0 Å². The predicted molar refractivity (Wildman–Crippen MR) is 231 cm³/mol. The second-order valence-electron chi connectivity index (χ2n) is 16.8. The van der Waals surface area contributed by atoms with Gasteiger partial charge in [-0.25, -0.2) is 4.68 Å². The Morgan fingerprint density at radius 1 is 1.05 bits per heavy atom. The first-order valence-corrected chi connectivity index (χ1v) is 20.9. The first kappa shape index (κ1) is 48.7. The molecule has 0 aliphatic carbocycles. The summed E-state index contributed by atoms with van der Waals surface area (Å²) in [5.41, 5.74) is 9.36. The molecule has 5 N–H and O–H groups in total. The van der Waals surface area contributed by atoms with Crippen molar-refractivity contribution in [3.63, 3.8) is 0 Å². The second kappa shape index (κ2) is 22.2. The lowest BCUT2D eigenvalue weighted by Gasteiger charge is -2.46. The van der Waals surface area contributed by atoms with Gasteiger partial charge in [-0.1, -0.05) is 69.3 Å². The summed E-state index contributed by atoms with van der Waals surface area (Å²) in [6, 6.07) is 9.19. The summed E-state index contributed by atoms with van der Waals surface area (Å²) in [4.78, 5) is 35.6. The number of rotatable bonds is 11. The molecule has 60 heavy (non-hydrogen) atoms. The van der Waals surface area contributed by atoms with Crippen LogP contribution in [-0.2, 0) is 30.3 Å². The molecule has 0 radical (unpaired) electrons. The number of likely N-dealkylation sites (N-methyl/N-ethyl adjacent to an activating group) is 1. The highest BCUT2D eigenvalue weighted by molar-refractivity contribution is 5.91. The van der Waals surface area contributed by atoms with E-state index in [-0.39, 0.29) is 38.0 Å². The number of allylic oxidation sites excluding steroid dienone is 3. The number of hydrogen-bond acceptors (Lipinski definition) is 14. The van der Waals surface area contributed by atoms with Gasteiger partial charge in [-0.3, -0.25) is 14.6 Å². The Bertz CT molecular complexity index is 1900. The van der Waals surface area contributed by atoms with Gasteiger partial charge in [-0.15, -0.1) is 5.10 Å². The van der Waals surface area contributed by atoms with Crippen molar-refractivity contribution >= 4 is 22.7 Å². The monoisotopic (exact) mass is 836 g/mol. The van der Waals surface area contributed by atoms with Crippen LogP contribution in [0.4, 0.5) is 0 Å². The van der Waals surface area contributed by atoms with E-state index in [4.69, 9.17) is 19.9 Å². The van der Waals surface area contributed by atoms with Crippen LogP contribution in [0.15, 0.2) is 66.5 Å². The first-order valence-electron chi connectivity index (χ1n) is 20.9. The van der Waals surface area contributed by atoms with Gasteiger partial charge in [-0.05, 0) is 84.9 Å². The van der Waals surface area contributed by atoms with Crippen molar-refractivity contribution in [1.29, 1.82) is 0 Å². The molecule has 3 aromatic rings. The molecule has 1 saturated heterocycles. The van der Waals surface area contributed by atoms with Crippen LogP contribution in [0.3, 0.4) is 0 Å². The number of cyclic esters (lactones) is 1. The van der Waals surface area contributed by atoms with Crippen LogP contribution < -0.4 is 5.73 Å². The number of carbonyl (C=O) groups is 2. The molecule has 1 fully saturated rings. The van der Waals surface area contributed by atoms with Crippen molar-refractivity contribution in [3.05, 3.63) is 72.2 Å². The van der Waals surface area contributed by atoms with Gasteiger partial charge in [0.1, 0.15) is 12.2 Å². The number of aliphatic hydroxyl groups is 3. The Balaban J connectivity index is 0.00000794. The van der Waals surface area contributed by atoms with E-state index < -0.39 is 66.8 Å². The SMILES string of the molecule is C.CC[C@H]1OC(=O)C[C@@H](O)[C@H](C)[C@@H](O[C@@H]2O[C@H](C)[C@@H](O)C(N(C)C)C2O)[C@@H](CCN(C)Cc2cn(-c3cnc4ccccc4c3)nn2)C[C@@H](C)C(=O)/C=C/C(C)=C/[C@@H]1CN. The standard InChI is InChI=1S/C44H65N7O8.CH4/c1-9-38-32(22-45)18-26(2)14-15-36(52)27(3)19-31(16-17-50(8)24-33-25-51(48-47-33)34-20-30-12-10-11-13-35(30)46-23-34)43(28(4)37(53)21-39(54)58-38)59-44-42(56)40(49(6)7)41(55)29(5)57-44;/h10-15,18,20,23,25,27-29,31-32,37-38,40-44,53,55-56H,9,16-17,19,21-22,24,45H2,1-8H3;1H4/b15-14+,26-18+;/t27-,28+,29-,31+,32-,37-,38-,40?,41-,42?,43-,44+;/m1./s1. The van der Waals surface area contributed by atoms with Crippen LogP contribution in [0.1, 0.15) is 73.4 Å². The van der Waals surface area contributed by atoms with Crippen LogP contribution in [0.5, 0.6) is 0 Å². The highest BCUT2D eigenvalue weighted by Crippen LogP contribution is 2.35. The lowest BCUT2D eigenvalue weighted by atomic mass is 9.79. The molecule has 0 bridgehead atoms. The van der Waals surface area contributed by atoms with E-state index in [1.54, 1.807) is 55.9 Å². The van der Waals surface area contributed by atoms with E-state index in [1.807, 2.05) is 70.4 Å². The van der Waals surface area contributed by atoms with Gasteiger partial charge in [0.05, 0.1) is 66.2 Å². The van der Waals surface area contributed by atoms with Crippen molar-refractivity contribution in [1.82, 2.24) is 29.8 Å². The van der Waals surface area contributed by atoms with Crippen molar-refractivity contribution in [2.75, 3.05) is 34.2 Å². The minimum Gasteiger partial charge on any atom is -0.462 e. The zero-order valence-electron chi connectivity index (χ0n) is 35.8. The number of para-hydroxylation sites is 1. The molecule has 0 amide bonds. The summed E-state index contributed by atoms with van der Waals surface area (Å²) >= 11 is 0. The van der Waals surface area contributed by atoms with Crippen molar-refractivity contribution in [3.8, 4) is 5.69 Å². The quantitative estimate of drug-likeness (QED) is 0.202. The number of nitrogens with two attached hydrogens (primary N) is 1. The van der Waals surface area contributed by atoms with E-state index in [0.717, 1.165) is 27.9 Å². The fourth-order valence-corrected chi connectivity index (χ4v) is 8.33. The Labute approximate surface area is 355 Å². The summed E-state index contributed by atoms with van der Waals surface area (Å²) < 4.78 is 20.5. The van der Waals surface area contributed by atoms with Crippen molar-refractivity contribution < 1.29 is 39.1 Å².